The van der Waals surface area contributed by atoms with Crippen LogP contribution >= 0.6 is 0 Å². The van der Waals surface area contributed by atoms with Crippen molar-refractivity contribution < 1.29 is 14.7 Å². The third kappa shape index (κ3) is 2.85. The van der Waals surface area contributed by atoms with Crippen molar-refractivity contribution in [2.24, 2.45) is 0 Å². The number of ketones is 1. The number of Topliss-reactive ketones (excluding diaryl/α,β-unsaturated/α-hetero) is 1. The molecule has 2 rings (SSSR count). The van der Waals surface area contributed by atoms with E-state index >= 15 is 0 Å². The molecule has 0 aliphatic rings. The molecule has 0 unspecified atom stereocenters. The number of phenolic OH excluding ortho intramolecular Hbond substituents is 1. The Kier molecular flexibility index (Phi) is 3.84. The standard InChI is InChI=1S/C16H15NO3/c1-10-7-8-15(19)13(9-10)16(20)17-14-6-4-3-5-12(14)11(2)18/h3-9,19H,1-2H3,(H,17,20). The number of rotatable bonds is 3. The second-order valence-electron chi connectivity index (χ2n) is 4.58. The van der Waals surface area contributed by atoms with Crippen molar-refractivity contribution in [2.45, 2.75) is 13.8 Å². The van der Waals surface area contributed by atoms with Crippen LogP contribution in [0.2, 0.25) is 0 Å². The number of benzene rings is 2. The highest BCUT2D eigenvalue weighted by Gasteiger charge is 2.14. The Bertz CT molecular complexity index is 677. The fourth-order valence-corrected chi connectivity index (χ4v) is 1.92. The number of hydrogen-bond donors (Lipinski definition) is 2. The minimum Gasteiger partial charge on any atom is -0.507 e. The lowest BCUT2D eigenvalue weighted by Gasteiger charge is -2.10. The van der Waals surface area contributed by atoms with Gasteiger partial charge in [0.15, 0.2) is 5.78 Å². The molecule has 0 radical (unpaired) electrons. The molecule has 1 amide bonds. The van der Waals surface area contributed by atoms with E-state index in [4.69, 9.17) is 0 Å². The summed E-state index contributed by atoms with van der Waals surface area (Å²) >= 11 is 0. The maximum Gasteiger partial charge on any atom is 0.259 e. The molecule has 0 saturated carbocycles. The molecule has 0 saturated heterocycles. The smallest absolute Gasteiger partial charge is 0.259 e. The van der Waals surface area contributed by atoms with Crippen LogP contribution in [0.25, 0.3) is 0 Å². The Morgan fingerprint density at radius 1 is 1.05 bits per heavy atom. The molecular formula is C16H15NO3. The van der Waals surface area contributed by atoms with Gasteiger partial charge in [-0.1, -0.05) is 23.8 Å². The van der Waals surface area contributed by atoms with Gasteiger partial charge in [-0.05, 0) is 38.1 Å². The first-order chi connectivity index (χ1) is 9.49. The van der Waals surface area contributed by atoms with E-state index in [0.29, 0.717) is 11.3 Å². The molecule has 4 heteroatoms. The van der Waals surface area contributed by atoms with E-state index in [-0.39, 0.29) is 17.1 Å². The van der Waals surface area contributed by atoms with Crippen LogP contribution in [0.15, 0.2) is 42.5 Å². The molecule has 2 N–H and O–H groups in total. The second kappa shape index (κ2) is 5.57. The van der Waals surface area contributed by atoms with Crippen molar-refractivity contribution in [3.05, 3.63) is 59.2 Å². The summed E-state index contributed by atoms with van der Waals surface area (Å²) in [5.74, 6) is -0.664. The molecule has 0 atom stereocenters. The summed E-state index contributed by atoms with van der Waals surface area (Å²) in [6.45, 7) is 3.27. The summed E-state index contributed by atoms with van der Waals surface area (Å²) < 4.78 is 0. The summed E-state index contributed by atoms with van der Waals surface area (Å²) in [7, 11) is 0. The van der Waals surface area contributed by atoms with E-state index < -0.39 is 5.91 Å². The molecular weight excluding hydrogens is 254 g/mol. The molecule has 2 aromatic rings. The van der Waals surface area contributed by atoms with Crippen LogP contribution in [0, 0.1) is 6.92 Å². The maximum atomic E-state index is 12.2. The van der Waals surface area contributed by atoms with Crippen molar-refractivity contribution in [1.29, 1.82) is 0 Å². The van der Waals surface area contributed by atoms with Gasteiger partial charge in [0.05, 0.1) is 11.3 Å². The molecule has 102 valence electrons. The number of phenols is 1. The van der Waals surface area contributed by atoms with Crippen LogP contribution in [0.4, 0.5) is 5.69 Å². The van der Waals surface area contributed by atoms with Crippen LogP contribution in [-0.2, 0) is 0 Å². The molecule has 0 spiro atoms. The molecule has 0 aliphatic heterocycles. The number of nitrogens with one attached hydrogen (secondary N) is 1. The van der Waals surface area contributed by atoms with Gasteiger partial charge in [-0.2, -0.15) is 0 Å². The summed E-state index contributed by atoms with van der Waals surface area (Å²) in [5.41, 5.74) is 1.93. The van der Waals surface area contributed by atoms with Crippen LogP contribution in [0.5, 0.6) is 5.75 Å². The number of para-hydroxylation sites is 1. The van der Waals surface area contributed by atoms with Gasteiger partial charge >= 0.3 is 0 Å². The third-order valence-corrected chi connectivity index (χ3v) is 2.95. The highest BCUT2D eigenvalue weighted by molar-refractivity contribution is 6.10. The zero-order chi connectivity index (χ0) is 14.7. The first-order valence-electron chi connectivity index (χ1n) is 6.20. The van der Waals surface area contributed by atoms with Gasteiger partial charge < -0.3 is 10.4 Å². The van der Waals surface area contributed by atoms with Crippen LogP contribution in [0.3, 0.4) is 0 Å². The lowest BCUT2D eigenvalue weighted by molar-refractivity contribution is 0.101. The Hall–Kier alpha value is -2.62. The van der Waals surface area contributed by atoms with Gasteiger partial charge in [0.1, 0.15) is 5.75 Å². The largest absolute Gasteiger partial charge is 0.507 e. The average Bonchev–Trinajstić information content (AvgIpc) is 2.41. The molecule has 0 aromatic heterocycles. The number of anilines is 1. The summed E-state index contributed by atoms with van der Waals surface area (Å²) in [4.78, 5) is 23.7. The van der Waals surface area contributed by atoms with Gasteiger partial charge in [0, 0.05) is 5.56 Å². The Balaban J connectivity index is 2.33. The van der Waals surface area contributed by atoms with Crippen LogP contribution < -0.4 is 5.32 Å². The maximum absolute atomic E-state index is 12.2. The second-order valence-corrected chi connectivity index (χ2v) is 4.58. The lowest BCUT2D eigenvalue weighted by Crippen LogP contribution is -2.14. The van der Waals surface area contributed by atoms with E-state index in [1.807, 2.05) is 6.92 Å². The van der Waals surface area contributed by atoms with Crippen molar-refractivity contribution in [1.82, 2.24) is 0 Å². The summed E-state index contributed by atoms with van der Waals surface area (Å²) in [6, 6.07) is 11.6. The molecule has 0 heterocycles. The highest BCUT2D eigenvalue weighted by Crippen LogP contribution is 2.21. The molecule has 20 heavy (non-hydrogen) atoms. The minimum atomic E-state index is -0.445. The fourth-order valence-electron chi connectivity index (χ4n) is 1.92. The number of amides is 1. The Morgan fingerprint density at radius 2 is 1.75 bits per heavy atom. The van der Waals surface area contributed by atoms with Crippen molar-refractivity contribution in [2.75, 3.05) is 5.32 Å². The SMILES string of the molecule is CC(=O)c1ccccc1NC(=O)c1cc(C)ccc1O. The monoisotopic (exact) mass is 269 g/mol. The molecule has 0 fully saturated rings. The fraction of sp³-hybridized carbons (Fsp3) is 0.125. The van der Waals surface area contributed by atoms with Gasteiger partial charge in [0.2, 0.25) is 0 Å². The first kappa shape index (κ1) is 13.8. The minimum absolute atomic E-state index is 0.0894. The Labute approximate surface area is 117 Å². The van der Waals surface area contributed by atoms with Gasteiger partial charge in [-0.3, -0.25) is 9.59 Å². The third-order valence-electron chi connectivity index (χ3n) is 2.95. The van der Waals surface area contributed by atoms with E-state index in [0.717, 1.165) is 5.56 Å². The van der Waals surface area contributed by atoms with Crippen molar-refractivity contribution in [3.63, 3.8) is 0 Å². The molecule has 0 aliphatic carbocycles. The quantitative estimate of drug-likeness (QED) is 0.841. The number of carbonyl (C=O) groups is 2. The van der Waals surface area contributed by atoms with Crippen molar-refractivity contribution in [3.8, 4) is 5.75 Å². The molecule has 4 nitrogen and oxygen atoms in total. The predicted octanol–water partition coefficient (Wildman–Crippen LogP) is 3.16. The lowest BCUT2D eigenvalue weighted by atomic mass is 10.1. The number of aryl methyl sites for hydroxylation is 1. The Morgan fingerprint density at radius 3 is 2.45 bits per heavy atom. The van der Waals surface area contributed by atoms with E-state index in [1.165, 1.54) is 13.0 Å². The first-order valence-corrected chi connectivity index (χ1v) is 6.20. The van der Waals surface area contributed by atoms with Crippen LogP contribution in [-0.4, -0.2) is 16.8 Å². The summed E-state index contributed by atoms with van der Waals surface area (Å²) in [5, 5.41) is 12.4. The zero-order valence-corrected chi connectivity index (χ0v) is 11.3. The highest BCUT2D eigenvalue weighted by atomic mass is 16.3. The zero-order valence-electron chi connectivity index (χ0n) is 11.3. The van der Waals surface area contributed by atoms with Gasteiger partial charge in [-0.15, -0.1) is 0 Å². The van der Waals surface area contributed by atoms with Crippen LogP contribution in [0.1, 0.15) is 33.2 Å². The topological polar surface area (TPSA) is 66.4 Å². The summed E-state index contributed by atoms with van der Waals surface area (Å²) in [6.07, 6.45) is 0. The molecule has 2 aromatic carbocycles. The van der Waals surface area contributed by atoms with Gasteiger partial charge in [-0.25, -0.2) is 0 Å². The van der Waals surface area contributed by atoms with E-state index in [9.17, 15) is 14.7 Å². The number of carbonyl (C=O) groups excluding carboxylic acids is 2. The van der Waals surface area contributed by atoms with E-state index in [2.05, 4.69) is 5.32 Å². The molecule has 0 bridgehead atoms. The predicted molar refractivity (Wildman–Crippen MR) is 77.2 cm³/mol. The van der Waals surface area contributed by atoms with Gasteiger partial charge in [0.25, 0.3) is 5.91 Å². The van der Waals surface area contributed by atoms with E-state index in [1.54, 1.807) is 36.4 Å². The van der Waals surface area contributed by atoms with Crippen molar-refractivity contribution >= 4 is 17.4 Å². The average molecular weight is 269 g/mol. The number of hydrogen-bond acceptors (Lipinski definition) is 3. The number of aromatic hydroxyl groups is 1. The normalized spacial score (nSPS) is 10.1.